The second-order valence-corrected chi connectivity index (χ2v) is 8.81. The Kier molecular flexibility index (Phi) is 6.88. The molecule has 1 aromatic heterocycles. The number of ether oxygens (including phenoxy) is 2. The predicted octanol–water partition coefficient (Wildman–Crippen LogP) is 1.39. The summed E-state index contributed by atoms with van der Waals surface area (Å²) in [7, 11) is -3.15. The highest BCUT2D eigenvalue weighted by molar-refractivity contribution is 7.89. The summed E-state index contributed by atoms with van der Waals surface area (Å²) in [6, 6.07) is 3.67. The molecule has 2 atom stereocenters. The van der Waals surface area contributed by atoms with Crippen LogP contribution < -0.4 is 4.74 Å². The lowest BCUT2D eigenvalue weighted by Gasteiger charge is -2.26. The van der Waals surface area contributed by atoms with Gasteiger partial charge in [0.2, 0.25) is 10.0 Å². The normalized spacial score (nSPS) is 24.9. The third kappa shape index (κ3) is 5.32. The Balaban J connectivity index is 0.000000345. The zero-order valence-corrected chi connectivity index (χ0v) is 15.9. The van der Waals surface area contributed by atoms with Gasteiger partial charge in [0.25, 0.3) is 0 Å². The number of hydrogen-bond donors (Lipinski definition) is 1. The van der Waals surface area contributed by atoms with Crippen molar-refractivity contribution in [1.82, 2.24) is 9.29 Å². The van der Waals surface area contributed by atoms with Gasteiger partial charge in [-0.1, -0.05) is 0 Å². The van der Waals surface area contributed by atoms with E-state index in [4.69, 9.17) is 19.4 Å². The molecule has 0 radical (unpaired) electrons. The molecule has 12 heteroatoms. The van der Waals surface area contributed by atoms with Gasteiger partial charge in [-0.15, -0.1) is 0 Å². The number of pyridine rings is 1. The minimum absolute atomic E-state index is 0.139. The Morgan fingerprint density at radius 3 is 2.71 bits per heavy atom. The highest BCUT2D eigenvalue weighted by atomic mass is 32.2. The molecular weight excluding hydrogens is 405 g/mol. The van der Waals surface area contributed by atoms with Crippen molar-refractivity contribution in [2.24, 2.45) is 11.3 Å². The van der Waals surface area contributed by atoms with Crippen LogP contribution >= 0.6 is 0 Å². The lowest BCUT2D eigenvalue weighted by molar-refractivity contribution is -0.192. The van der Waals surface area contributed by atoms with Crippen molar-refractivity contribution in [3.63, 3.8) is 0 Å². The van der Waals surface area contributed by atoms with Gasteiger partial charge in [0.1, 0.15) is 5.75 Å². The van der Waals surface area contributed by atoms with Gasteiger partial charge in [-0.3, -0.25) is 4.98 Å². The van der Waals surface area contributed by atoms with Gasteiger partial charge in [0.05, 0.1) is 31.8 Å². The quantitative estimate of drug-likeness (QED) is 0.758. The fourth-order valence-electron chi connectivity index (χ4n) is 3.04. The Morgan fingerprint density at radius 1 is 1.50 bits per heavy atom. The maximum absolute atomic E-state index is 12.1. The standard InChI is InChI=1S/C14H20N2O4S.C2HF3O2/c1-2-21(17,18)16-7-12-8-19-10-14(12,9-16)11-20-13-4-3-5-15-6-13;3-2(4,5)1(6)7/h3-6,12H,2,7-11H2,1H3;(H,6,7)/t12-,14+;/m1./s1. The molecule has 2 aliphatic heterocycles. The third-order valence-corrected chi connectivity index (χ3v) is 6.45. The SMILES string of the molecule is CCS(=O)(=O)N1C[C@@H]2COC[C@]2(COc2cccnc2)C1.O=C(O)C(F)(F)F. The summed E-state index contributed by atoms with van der Waals surface area (Å²) in [4.78, 5) is 12.9. The first-order chi connectivity index (χ1) is 13.0. The zero-order valence-electron chi connectivity index (χ0n) is 15.1. The van der Waals surface area contributed by atoms with Crippen LogP contribution in [0.15, 0.2) is 24.5 Å². The Labute approximate surface area is 160 Å². The molecule has 1 aromatic rings. The molecule has 3 heterocycles. The molecule has 0 saturated carbocycles. The molecule has 3 rings (SSSR count). The Bertz CT molecular complexity index is 774. The summed E-state index contributed by atoms with van der Waals surface area (Å²) in [5, 5.41) is 7.12. The van der Waals surface area contributed by atoms with E-state index in [9.17, 15) is 21.6 Å². The van der Waals surface area contributed by atoms with Crippen LogP contribution in [0.4, 0.5) is 13.2 Å². The number of carboxylic acid groups (broad SMARTS) is 1. The number of carboxylic acids is 1. The maximum atomic E-state index is 12.1. The molecule has 0 unspecified atom stereocenters. The van der Waals surface area contributed by atoms with Crippen molar-refractivity contribution >= 4 is 16.0 Å². The summed E-state index contributed by atoms with van der Waals surface area (Å²) in [5.74, 6) is -1.71. The Morgan fingerprint density at radius 2 is 2.18 bits per heavy atom. The second kappa shape index (κ2) is 8.62. The molecule has 2 saturated heterocycles. The maximum Gasteiger partial charge on any atom is 0.490 e. The molecule has 0 bridgehead atoms. The monoisotopic (exact) mass is 426 g/mol. The van der Waals surface area contributed by atoms with Crippen molar-refractivity contribution in [1.29, 1.82) is 0 Å². The fraction of sp³-hybridized carbons (Fsp3) is 0.625. The van der Waals surface area contributed by atoms with Crippen molar-refractivity contribution < 1.29 is 41.0 Å². The number of halogens is 3. The first-order valence-electron chi connectivity index (χ1n) is 8.39. The smallest absolute Gasteiger partial charge is 0.490 e. The van der Waals surface area contributed by atoms with E-state index >= 15 is 0 Å². The summed E-state index contributed by atoms with van der Waals surface area (Å²) >= 11 is 0. The first kappa shape index (κ1) is 22.4. The number of carbonyl (C=O) groups is 1. The van der Waals surface area contributed by atoms with Crippen LogP contribution in [0.3, 0.4) is 0 Å². The average Bonchev–Trinajstić information content (AvgIpc) is 3.18. The molecule has 0 amide bonds. The fourth-order valence-corrected chi connectivity index (χ4v) is 4.27. The van der Waals surface area contributed by atoms with Crippen LogP contribution in [0.1, 0.15) is 6.92 Å². The van der Waals surface area contributed by atoms with E-state index in [0.717, 1.165) is 0 Å². The number of aromatic nitrogens is 1. The van der Waals surface area contributed by atoms with Crippen LogP contribution in [0.2, 0.25) is 0 Å². The molecule has 0 aromatic carbocycles. The van der Waals surface area contributed by atoms with E-state index < -0.39 is 22.2 Å². The number of aliphatic carboxylic acids is 1. The van der Waals surface area contributed by atoms with E-state index in [1.165, 1.54) is 0 Å². The van der Waals surface area contributed by atoms with Crippen LogP contribution in [-0.2, 0) is 19.6 Å². The number of nitrogens with zero attached hydrogens (tertiary/aromatic N) is 2. The first-order valence-corrected chi connectivity index (χ1v) is 9.99. The molecule has 158 valence electrons. The van der Waals surface area contributed by atoms with E-state index in [2.05, 4.69) is 4.98 Å². The highest BCUT2D eigenvalue weighted by Crippen LogP contribution is 2.42. The number of fused-ring (bicyclic) bond motifs is 1. The van der Waals surface area contributed by atoms with Crippen LogP contribution in [-0.4, -0.2) is 73.6 Å². The summed E-state index contributed by atoms with van der Waals surface area (Å²) in [6.45, 7) is 4.30. The van der Waals surface area contributed by atoms with Gasteiger partial charge in [-0.05, 0) is 19.1 Å². The van der Waals surface area contributed by atoms with Gasteiger partial charge in [-0.2, -0.15) is 13.2 Å². The van der Waals surface area contributed by atoms with Crippen molar-refractivity contribution in [3.8, 4) is 5.75 Å². The summed E-state index contributed by atoms with van der Waals surface area (Å²) in [6.07, 6.45) is -1.73. The van der Waals surface area contributed by atoms with Crippen molar-refractivity contribution in [2.75, 3.05) is 38.7 Å². The molecular formula is C16H21F3N2O6S. The van der Waals surface area contributed by atoms with Crippen molar-refractivity contribution in [3.05, 3.63) is 24.5 Å². The molecule has 8 nitrogen and oxygen atoms in total. The van der Waals surface area contributed by atoms with Gasteiger partial charge in [-0.25, -0.2) is 17.5 Å². The average molecular weight is 426 g/mol. The second-order valence-electron chi connectivity index (χ2n) is 6.55. The summed E-state index contributed by atoms with van der Waals surface area (Å²) < 4.78 is 68.9. The van der Waals surface area contributed by atoms with Crippen LogP contribution in [0.25, 0.3) is 0 Å². The molecule has 28 heavy (non-hydrogen) atoms. The molecule has 1 N–H and O–H groups in total. The van der Waals surface area contributed by atoms with Gasteiger partial charge < -0.3 is 14.6 Å². The Hall–Kier alpha value is -1.92. The van der Waals surface area contributed by atoms with Crippen LogP contribution in [0, 0.1) is 11.3 Å². The predicted molar refractivity (Wildman–Crippen MR) is 91.2 cm³/mol. The topological polar surface area (TPSA) is 106 Å². The van der Waals surface area contributed by atoms with E-state index in [1.54, 1.807) is 23.6 Å². The minimum atomic E-state index is -5.08. The van der Waals surface area contributed by atoms with E-state index in [1.807, 2.05) is 12.1 Å². The third-order valence-electron chi connectivity index (χ3n) is 4.65. The number of hydrogen-bond acceptors (Lipinski definition) is 6. The number of sulfonamides is 1. The molecule has 2 aliphatic rings. The van der Waals surface area contributed by atoms with E-state index in [-0.39, 0.29) is 17.1 Å². The van der Waals surface area contributed by atoms with Gasteiger partial charge >= 0.3 is 12.1 Å². The molecule has 2 fully saturated rings. The number of rotatable bonds is 5. The molecule has 0 aliphatic carbocycles. The summed E-state index contributed by atoms with van der Waals surface area (Å²) in [5.41, 5.74) is -0.238. The van der Waals surface area contributed by atoms with E-state index in [0.29, 0.717) is 38.7 Å². The molecule has 0 spiro atoms. The zero-order chi connectivity index (χ0) is 21.0. The lowest BCUT2D eigenvalue weighted by atomic mass is 9.82. The van der Waals surface area contributed by atoms with Gasteiger partial charge in [0.15, 0.2) is 0 Å². The number of alkyl halides is 3. The largest absolute Gasteiger partial charge is 0.491 e. The minimum Gasteiger partial charge on any atom is -0.491 e. The highest BCUT2D eigenvalue weighted by Gasteiger charge is 2.53. The van der Waals surface area contributed by atoms with Crippen molar-refractivity contribution in [2.45, 2.75) is 13.1 Å². The van der Waals surface area contributed by atoms with Crippen LogP contribution in [0.5, 0.6) is 5.75 Å². The lowest BCUT2D eigenvalue weighted by Crippen LogP contribution is -2.38. The van der Waals surface area contributed by atoms with Gasteiger partial charge in [0, 0.05) is 30.6 Å².